The first kappa shape index (κ1) is 49.2. The molecule has 3 unspecified atom stereocenters. The number of carbonyl (C=O) groups is 5. The van der Waals surface area contributed by atoms with Gasteiger partial charge in [-0.15, -0.1) is 0 Å². The molecule has 0 radical (unpaired) electrons. The molecule has 1 aromatic carbocycles. The average molecular weight is 883 g/mol. The van der Waals surface area contributed by atoms with Crippen LogP contribution >= 0.6 is 0 Å². The number of aryl methyl sites for hydroxylation is 1. The van der Waals surface area contributed by atoms with E-state index in [0.29, 0.717) is 50.5 Å². The number of oxazole rings is 1. The molecule has 3 atom stereocenters. The van der Waals surface area contributed by atoms with Gasteiger partial charge in [-0.1, -0.05) is 34.3 Å². The number of methoxy groups -OCH3 is 1. The number of carbonyl (C=O) groups excluding carboxylic acids is 5. The van der Waals surface area contributed by atoms with Gasteiger partial charge in [0.1, 0.15) is 18.3 Å². The number of fused-ring (bicyclic) bond motifs is 1. The molecule has 2 N–H and O–H groups in total. The lowest BCUT2D eigenvalue weighted by atomic mass is 9.84. The number of likely N-dealkylation sites (N-methyl/N-ethyl adjacent to an activating group) is 1. The van der Waals surface area contributed by atoms with Crippen LogP contribution in [0.2, 0.25) is 0 Å². The summed E-state index contributed by atoms with van der Waals surface area (Å²) < 4.78 is 19.3. The molecular formula is C48H66N8O8. The first-order valence-corrected chi connectivity index (χ1v) is 22.2. The summed E-state index contributed by atoms with van der Waals surface area (Å²) in [6, 6.07) is 8.36. The van der Waals surface area contributed by atoms with E-state index in [-0.39, 0.29) is 36.9 Å². The van der Waals surface area contributed by atoms with Gasteiger partial charge >= 0.3 is 0 Å². The number of benzene rings is 1. The third kappa shape index (κ3) is 11.8. The second kappa shape index (κ2) is 22.7. The number of ether oxygens (including phenoxy) is 2. The predicted octanol–water partition coefficient (Wildman–Crippen LogP) is 5.89. The number of nitrogens with zero attached hydrogens (tertiary/aromatic N) is 6. The Hall–Kier alpha value is -5.87. The molecule has 2 aliphatic rings. The molecule has 346 valence electrons. The van der Waals surface area contributed by atoms with E-state index >= 15 is 0 Å². The molecule has 2 fully saturated rings. The van der Waals surface area contributed by atoms with Crippen molar-refractivity contribution in [3.8, 4) is 22.7 Å². The molecule has 0 spiro atoms. The molecule has 0 saturated carbocycles. The van der Waals surface area contributed by atoms with Gasteiger partial charge in [0.05, 0.1) is 29.8 Å². The molecule has 5 heterocycles. The van der Waals surface area contributed by atoms with E-state index in [9.17, 15) is 24.0 Å². The molecule has 4 amide bonds. The van der Waals surface area contributed by atoms with E-state index in [4.69, 9.17) is 23.9 Å². The lowest BCUT2D eigenvalue weighted by Crippen LogP contribution is -2.59. The number of aromatic nitrogens is 3. The van der Waals surface area contributed by atoms with Crippen LogP contribution in [0.5, 0.6) is 0 Å². The average Bonchev–Trinajstić information content (AvgIpc) is 4.08. The van der Waals surface area contributed by atoms with Crippen LogP contribution < -0.4 is 10.7 Å². The predicted molar refractivity (Wildman–Crippen MR) is 244 cm³/mol. The van der Waals surface area contributed by atoms with Gasteiger partial charge in [0.15, 0.2) is 0 Å². The summed E-state index contributed by atoms with van der Waals surface area (Å²) in [4.78, 5) is 73.8. The second-order valence-corrected chi connectivity index (χ2v) is 17.6. The third-order valence-electron chi connectivity index (χ3n) is 11.8. The maximum atomic E-state index is 13.8. The van der Waals surface area contributed by atoms with Crippen molar-refractivity contribution in [3.05, 3.63) is 72.4 Å². The van der Waals surface area contributed by atoms with Crippen LogP contribution in [0.25, 0.3) is 33.6 Å². The monoisotopic (exact) mass is 883 g/mol. The van der Waals surface area contributed by atoms with Crippen LogP contribution in [-0.2, 0) is 52.8 Å². The van der Waals surface area contributed by atoms with Crippen molar-refractivity contribution in [2.24, 2.45) is 11.3 Å². The van der Waals surface area contributed by atoms with Gasteiger partial charge in [0.25, 0.3) is 12.4 Å². The Morgan fingerprint density at radius 1 is 1.08 bits per heavy atom. The number of hydrazine groups is 1. The van der Waals surface area contributed by atoms with Gasteiger partial charge < -0.3 is 33.6 Å². The largest absolute Gasteiger partial charge is 0.467 e. The highest BCUT2D eigenvalue weighted by atomic mass is 16.5. The zero-order valence-corrected chi connectivity index (χ0v) is 38.7. The smallest absolute Gasteiger partial charge is 0.293 e. The normalized spacial score (nSPS) is 15.5. The van der Waals surface area contributed by atoms with E-state index in [1.807, 2.05) is 37.8 Å². The minimum Gasteiger partial charge on any atom is -0.467 e. The van der Waals surface area contributed by atoms with Crippen LogP contribution in [0.15, 0.2) is 59.9 Å². The van der Waals surface area contributed by atoms with Crippen molar-refractivity contribution in [2.45, 2.75) is 105 Å². The summed E-state index contributed by atoms with van der Waals surface area (Å²) in [5.41, 5.74) is 8.81. The Kier molecular flexibility index (Phi) is 17.4. The van der Waals surface area contributed by atoms with Gasteiger partial charge in [-0.25, -0.2) is 10.4 Å². The first-order chi connectivity index (χ1) is 30.7. The zero-order chi connectivity index (χ0) is 46.6. The molecule has 2 aliphatic heterocycles. The highest BCUT2D eigenvalue weighted by Gasteiger charge is 2.34. The fraction of sp³-hybridized carbons (Fsp3) is 0.521. The van der Waals surface area contributed by atoms with Crippen molar-refractivity contribution < 1.29 is 37.9 Å². The maximum Gasteiger partial charge on any atom is 0.293 e. The van der Waals surface area contributed by atoms with Gasteiger partial charge in [-0.3, -0.25) is 34.0 Å². The molecule has 3 aromatic heterocycles. The van der Waals surface area contributed by atoms with E-state index < -0.39 is 23.4 Å². The topological polar surface area (TPSA) is 181 Å². The number of hydrogen-bond donors (Lipinski definition) is 2. The SMILES string of the molecule is C=CC(=O)N1CCCC1.CCn1c(-c2cccnc2C(C)OC)c(CC(C)(C)COC=O)c2cc(-c3nc(CC(NC(=O)C(C(C)C)N(C)C=O)C(=O)N4CCCCN4)co3)ccc21. The Morgan fingerprint density at radius 3 is 2.44 bits per heavy atom. The molecule has 4 aromatic rings. The molecule has 2 saturated heterocycles. The first-order valence-electron chi connectivity index (χ1n) is 22.2. The van der Waals surface area contributed by atoms with E-state index in [2.05, 4.69) is 60.9 Å². The number of amides is 4. The molecule has 16 heteroatoms. The molecule has 16 nitrogen and oxygen atoms in total. The zero-order valence-electron chi connectivity index (χ0n) is 38.7. The van der Waals surface area contributed by atoms with Crippen molar-refractivity contribution in [2.75, 3.05) is 46.9 Å². The summed E-state index contributed by atoms with van der Waals surface area (Å²) in [7, 11) is 3.22. The summed E-state index contributed by atoms with van der Waals surface area (Å²) >= 11 is 0. The number of hydrogen-bond acceptors (Lipinski definition) is 11. The lowest BCUT2D eigenvalue weighted by molar-refractivity contribution is -0.142. The Labute approximate surface area is 376 Å². The molecular weight excluding hydrogens is 817 g/mol. The lowest BCUT2D eigenvalue weighted by Gasteiger charge is -2.33. The van der Waals surface area contributed by atoms with E-state index in [0.717, 1.165) is 77.8 Å². The fourth-order valence-corrected chi connectivity index (χ4v) is 8.57. The van der Waals surface area contributed by atoms with Crippen LogP contribution in [0.4, 0.5) is 0 Å². The van der Waals surface area contributed by atoms with Crippen molar-refractivity contribution >= 4 is 41.5 Å². The Morgan fingerprint density at radius 2 is 1.81 bits per heavy atom. The van der Waals surface area contributed by atoms with Crippen molar-refractivity contribution in [1.29, 1.82) is 0 Å². The summed E-state index contributed by atoms with van der Waals surface area (Å²) in [5.74, 6) is -0.450. The minimum absolute atomic E-state index is 0.0764. The number of pyridine rings is 1. The highest BCUT2D eigenvalue weighted by molar-refractivity contribution is 5.95. The second-order valence-electron chi connectivity index (χ2n) is 17.6. The van der Waals surface area contributed by atoms with Gasteiger partial charge in [0, 0.05) is 86.9 Å². The standard InChI is InChI=1S/C41H55N7O7.C7H11NO/c1-9-47-34-15-14-28(19-31(34)32(21-41(5,6)23-54-25-50)37(47)30-13-12-16-42-35(30)27(4)53-8)39-44-29(22-55-39)20-33(40(52)48-18-11-10-17-43-48)45-38(51)36(26(2)3)46(7)24-49;1-2-7(9)8-5-3-4-6-8/h12-16,19,22,24-27,33,36,43H,9-11,17-18,20-21,23H2,1-8H3,(H,45,51);2H,1,3-6H2. The quantitative estimate of drug-likeness (QED) is 0.0847. The van der Waals surface area contributed by atoms with E-state index in [1.54, 1.807) is 25.4 Å². The van der Waals surface area contributed by atoms with Crippen LogP contribution in [0.1, 0.15) is 90.3 Å². The Balaban J connectivity index is 0.000000762. The minimum atomic E-state index is -0.952. The molecule has 64 heavy (non-hydrogen) atoms. The van der Waals surface area contributed by atoms with Crippen molar-refractivity contribution in [3.63, 3.8) is 0 Å². The summed E-state index contributed by atoms with van der Waals surface area (Å²) in [6.45, 7) is 19.8. The number of nitrogens with one attached hydrogen (secondary N) is 2. The number of likely N-dealkylation sites (tertiary alicyclic amines) is 1. The molecule has 0 bridgehead atoms. The van der Waals surface area contributed by atoms with Gasteiger partial charge in [-0.05, 0) is 93.8 Å². The molecule has 0 aliphatic carbocycles. The van der Waals surface area contributed by atoms with Crippen LogP contribution in [0, 0.1) is 11.3 Å². The summed E-state index contributed by atoms with van der Waals surface area (Å²) in [5, 5.41) is 5.46. The van der Waals surface area contributed by atoms with Crippen molar-refractivity contribution in [1.82, 2.24) is 40.1 Å². The Bertz CT molecular complexity index is 2240. The fourth-order valence-electron chi connectivity index (χ4n) is 8.57. The number of rotatable bonds is 19. The van der Waals surface area contributed by atoms with Gasteiger partial charge in [0.2, 0.25) is 24.1 Å². The maximum absolute atomic E-state index is 13.8. The third-order valence-corrected chi connectivity index (χ3v) is 11.8. The van der Waals surface area contributed by atoms with Crippen LogP contribution in [-0.4, -0.2) is 119 Å². The van der Waals surface area contributed by atoms with E-state index in [1.165, 1.54) is 17.2 Å². The molecule has 6 rings (SSSR count). The summed E-state index contributed by atoms with van der Waals surface area (Å²) in [6.07, 6.45) is 9.79. The van der Waals surface area contributed by atoms with Gasteiger partial charge in [-0.2, -0.15) is 0 Å². The van der Waals surface area contributed by atoms with Crippen LogP contribution in [0.3, 0.4) is 0 Å². The highest BCUT2D eigenvalue weighted by Crippen LogP contribution is 2.41.